The monoisotopic (exact) mass is 310 g/mol. The molecular formula is C17H14N2O2S. The van der Waals surface area contributed by atoms with Gasteiger partial charge in [0.25, 0.3) is 5.91 Å². The van der Waals surface area contributed by atoms with E-state index in [4.69, 9.17) is 4.42 Å². The summed E-state index contributed by atoms with van der Waals surface area (Å²) >= 11 is 1.65. The molecule has 0 spiro atoms. The highest BCUT2D eigenvalue weighted by Gasteiger charge is 2.26. The molecule has 0 saturated heterocycles. The average Bonchev–Trinajstić information content (AvgIpc) is 3.26. The zero-order valence-corrected chi connectivity index (χ0v) is 12.9. The van der Waals surface area contributed by atoms with Gasteiger partial charge in [0, 0.05) is 23.2 Å². The van der Waals surface area contributed by atoms with E-state index in [2.05, 4.69) is 16.4 Å². The molecule has 0 unspecified atom stereocenters. The number of hydrogen-bond acceptors (Lipinski definition) is 4. The lowest BCUT2D eigenvalue weighted by Gasteiger charge is -2.16. The molecule has 2 aromatic heterocycles. The van der Waals surface area contributed by atoms with Crippen LogP contribution < -0.4 is 4.90 Å². The topological polar surface area (TPSA) is 46.3 Å². The van der Waals surface area contributed by atoms with Crippen LogP contribution in [0.3, 0.4) is 0 Å². The summed E-state index contributed by atoms with van der Waals surface area (Å²) in [6.07, 6.45) is 3.89. The average molecular weight is 310 g/mol. The molecule has 3 heterocycles. The van der Waals surface area contributed by atoms with Crippen LogP contribution in [0.15, 0.2) is 46.6 Å². The molecule has 4 rings (SSSR count). The summed E-state index contributed by atoms with van der Waals surface area (Å²) in [4.78, 5) is 18.8. The molecule has 4 nitrogen and oxygen atoms in total. The lowest BCUT2D eigenvalue weighted by atomic mass is 10.1. The number of furan rings is 1. The molecule has 1 aromatic carbocycles. The van der Waals surface area contributed by atoms with Gasteiger partial charge >= 0.3 is 0 Å². The minimum Gasteiger partial charge on any atom is -0.472 e. The van der Waals surface area contributed by atoms with E-state index in [1.54, 1.807) is 17.4 Å². The Bertz CT molecular complexity index is 836. The van der Waals surface area contributed by atoms with Gasteiger partial charge in [-0.25, -0.2) is 4.98 Å². The molecule has 0 bridgehead atoms. The third-order valence-corrected chi connectivity index (χ3v) is 4.68. The highest BCUT2D eigenvalue weighted by atomic mass is 32.1. The molecule has 0 N–H and O–H groups in total. The van der Waals surface area contributed by atoms with Gasteiger partial charge in [0.2, 0.25) is 0 Å². The van der Waals surface area contributed by atoms with Crippen LogP contribution in [0.5, 0.6) is 0 Å². The van der Waals surface area contributed by atoms with Crippen molar-refractivity contribution in [1.29, 1.82) is 0 Å². The molecule has 0 atom stereocenters. The summed E-state index contributed by atoms with van der Waals surface area (Å²) in [5, 5.41) is 3.13. The van der Waals surface area contributed by atoms with Crippen molar-refractivity contribution in [1.82, 2.24) is 4.98 Å². The highest BCUT2D eigenvalue weighted by molar-refractivity contribution is 7.09. The fourth-order valence-electron chi connectivity index (χ4n) is 2.81. The summed E-state index contributed by atoms with van der Waals surface area (Å²) in [6.45, 7) is 2.71. The molecule has 3 aromatic rings. The number of thiazole rings is 1. The number of benzene rings is 1. The van der Waals surface area contributed by atoms with Gasteiger partial charge in [0.1, 0.15) is 6.26 Å². The van der Waals surface area contributed by atoms with Crippen LogP contribution >= 0.6 is 11.3 Å². The van der Waals surface area contributed by atoms with Crippen LogP contribution in [0.25, 0.3) is 11.3 Å². The second-order valence-corrected chi connectivity index (χ2v) is 6.38. The maximum absolute atomic E-state index is 12.5. The van der Waals surface area contributed by atoms with E-state index < -0.39 is 0 Å². The van der Waals surface area contributed by atoms with Gasteiger partial charge in [-0.1, -0.05) is 6.07 Å². The van der Waals surface area contributed by atoms with E-state index in [-0.39, 0.29) is 5.91 Å². The summed E-state index contributed by atoms with van der Waals surface area (Å²) in [5.74, 6) is -0.00949. The van der Waals surface area contributed by atoms with Crippen molar-refractivity contribution < 1.29 is 9.21 Å². The number of nitrogens with zero attached hydrogens (tertiary/aromatic N) is 2. The summed E-state index contributed by atoms with van der Waals surface area (Å²) in [7, 11) is 0. The fourth-order valence-corrected chi connectivity index (χ4v) is 3.43. The maximum Gasteiger partial charge on any atom is 0.261 e. The molecule has 1 amide bonds. The van der Waals surface area contributed by atoms with Gasteiger partial charge in [-0.3, -0.25) is 4.79 Å². The third-order valence-electron chi connectivity index (χ3n) is 3.90. The van der Waals surface area contributed by atoms with E-state index in [1.165, 1.54) is 18.1 Å². The molecule has 0 radical (unpaired) electrons. The van der Waals surface area contributed by atoms with E-state index in [1.807, 2.05) is 24.0 Å². The molecular weight excluding hydrogens is 296 g/mol. The number of aryl methyl sites for hydroxylation is 1. The van der Waals surface area contributed by atoms with E-state index in [0.717, 1.165) is 28.4 Å². The van der Waals surface area contributed by atoms with Crippen molar-refractivity contribution in [2.45, 2.75) is 13.3 Å². The molecule has 1 aliphatic heterocycles. The van der Waals surface area contributed by atoms with E-state index >= 15 is 0 Å². The lowest BCUT2D eigenvalue weighted by Crippen LogP contribution is -2.28. The number of rotatable bonds is 2. The van der Waals surface area contributed by atoms with Crippen molar-refractivity contribution in [3.8, 4) is 11.3 Å². The van der Waals surface area contributed by atoms with Crippen LogP contribution in [-0.2, 0) is 6.42 Å². The van der Waals surface area contributed by atoms with E-state index in [0.29, 0.717) is 12.1 Å². The maximum atomic E-state index is 12.5. The van der Waals surface area contributed by atoms with E-state index in [9.17, 15) is 4.79 Å². The van der Waals surface area contributed by atoms with Gasteiger partial charge in [0.15, 0.2) is 0 Å². The number of aromatic nitrogens is 1. The minimum atomic E-state index is -0.00949. The molecule has 0 fully saturated rings. The van der Waals surface area contributed by atoms with Gasteiger partial charge in [0.05, 0.1) is 22.5 Å². The van der Waals surface area contributed by atoms with Crippen molar-refractivity contribution in [2.75, 3.05) is 11.4 Å². The lowest BCUT2D eigenvalue weighted by molar-refractivity contribution is 0.0989. The fraction of sp³-hybridized carbons (Fsp3) is 0.176. The minimum absolute atomic E-state index is 0.00949. The quantitative estimate of drug-likeness (QED) is 0.721. The molecule has 0 saturated carbocycles. The zero-order chi connectivity index (χ0) is 15.1. The summed E-state index contributed by atoms with van der Waals surface area (Å²) < 4.78 is 5.01. The Balaban J connectivity index is 1.67. The van der Waals surface area contributed by atoms with Gasteiger partial charge in [-0.15, -0.1) is 11.3 Å². The number of carbonyl (C=O) groups excluding carboxylic acids is 1. The summed E-state index contributed by atoms with van der Waals surface area (Å²) in [5.41, 5.74) is 4.89. The molecule has 22 heavy (non-hydrogen) atoms. The van der Waals surface area contributed by atoms with Crippen molar-refractivity contribution in [3.63, 3.8) is 0 Å². The van der Waals surface area contributed by atoms with Gasteiger partial charge in [-0.05, 0) is 37.1 Å². The van der Waals surface area contributed by atoms with Gasteiger partial charge < -0.3 is 9.32 Å². The second kappa shape index (κ2) is 5.10. The predicted molar refractivity (Wildman–Crippen MR) is 86.4 cm³/mol. The predicted octanol–water partition coefficient (Wildman–Crippen LogP) is 3.91. The molecule has 5 heteroatoms. The second-order valence-electron chi connectivity index (χ2n) is 5.31. The number of hydrogen-bond donors (Lipinski definition) is 0. The first-order valence-electron chi connectivity index (χ1n) is 7.12. The van der Waals surface area contributed by atoms with Crippen LogP contribution in [0.4, 0.5) is 5.69 Å². The van der Waals surface area contributed by atoms with Crippen LogP contribution in [-0.4, -0.2) is 17.4 Å². The standard InChI is InChI=1S/C17H14N2O2S/c1-11-18-15(10-22-11)12-2-3-16-13(8-12)4-6-19(16)17(20)14-5-7-21-9-14/h2-3,5,7-10H,4,6H2,1H3. The first kappa shape index (κ1) is 13.3. The Morgan fingerprint density at radius 1 is 1.36 bits per heavy atom. The largest absolute Gasteiger partial charge is 0.472 e. The Labute approximate surface area is 132 Å². The molecule has 1 aliphatic rings. The number of fused-ring (bicyclic) bond motifs is 1. The van der Waals surface area contributed by atoms with Crippen molar-refractivity contribution in [3.05, 3.63) is 58.3 Å². The highest BCUT2D eigenvalue weighted by Crippen LogP contribution is 2.33. The third kappa shape index (κ3) is 2.14. The number of anilines is 1. The first-order valence-corrected chi connectivity index (χ1v) is 8.00. The Morgan fingerprint density at radius 2 is 2.27 bits per heavy atom. The van der Waals surface area contributed by atoms with Crippen molar-refractivity contribution in [2.24, 2.45) is 0 Å². The Morgan fingerprint density at radius 3 is 3.00 bits per heavy atom. The number of carbonyl (C=O) groups is 1. The SMILES string of the molecule is Cc1nc(-c2ccc3c(c2)CCN3C(=O)c2ccoc2)cs1. The number of amides is 1. The van der Waals surface area contributed by atoms with Crippen LogP contribution in [0.2, 0.25) is 0 Å². The van der Waals surface area contributed by atoms with Crippen LogP contribution in [0.1, 0.15) is 20.9 Å². The van der Waals surface area contributed by atoms with Crippen LogP contribution in [0, 0.1) is 6.92 Å². The molecule has 110 valence electrons. The Kier molecular flexibility index (Phi) is 3.08. The smallest absolute Gasteiger partial charge is 0.261 e. The van der Waals surface area contributed by atoms with Crippen molar-refractivity contribution >= 4 is 22.9 Å². The summed E-state index contributed by atoms with van der Waals surface area (Å²) in [6, 6.07) is 7.90. The van der Waals surface area contributed by atoms with Gasteiger partial charge in [-0.2, -0.15) is 0 Å². The normalized spacial score (nSPS) is 13.4. The first-order chi connectivity index (χ1) is 10.7. The molecule has 0 aliphatic carbocycles. The zero-order valence-electron chi connectivity index (χ0n) is 12.1. The Hall–Kier alpha value is -2.40.